The van der Waals surface area contributed by atoms with E-state index in [-0.39, 0.29) is 6.54 Å². The largest absolute Gasteiger partial charge is 0.318 e. The van der Waals surface area contributed by atoms with Gasteiger partial charge < -0.3 is 4.57 Å². The van der Waals surface area contributed by atoms with Crippen LogP contribution in [0.3, 0.4) is 0 Å². The SMILES string of the molecule is Cc1cc(/C=N\NC(=O)CN(c2ccc(Br)cc2)S(C)(=O)=O)c(C)n1-c1ccc(Cl)cc1. The van der Waals surface area contributed by atoms with Gasteiger partial charge in [0.25, 0.3) is 5.91 Å². The van der Waals surface area contributed by atoms with Gasteiger partial charge in [0.2, 0.25) is 10.0 Å². The minimum atomic E-state index is -3.65. The van der Waals surface area contributed by atoms with Gasteiger partial charge in [0.05, 0.1) is 18.2 Å². The van der Waals surface area contributed by atoms with Crippen LogP contribution in [0.1, 0.15) is 17.0 Å². The van der Waals surface area contributed by atoms with Crippen LogP contribution in [-0.4, -0.2) is 37.9 Å². The predicted octanol–water partition coefficient (Wildman–Crippen LogP) is 4.43. The Labute approximate surface area is 200 Å². The number of sulfonamides is 1. The number of nitrogens with zero attached hydrogens (tertiary/aromatic N) is 3. The summed E-state index contributed by atoms with van der Waals surface area (Å²) in [6, 6.07) is 16.1. The zero-order valence-corrected chi connectivity index (χ0v) is 20.9. The zero-order chi connectivity index (χ0) is 23.5. The Hall–Kier alpha value is -2.62. The monoisotopic (exact) mass is 536 g/mol. The normalized spacial score (nSPS) is 11.7. The average Bonchev–Trinajstić information content (AvgIpc) is 3.00. The van der Waals surface area contributed by atoms with Gasteiger partial charge in [0, 0.05) is 32.1 Å². The topological polar surface area (TPSA) is 83.8 Å². The van der Waals surface area contributed by atoms with E-state index < -0.39 is 15.9 Å². The number of hydrazone groups is 1. The first-order chi connectivity index (χ1) is 15.1. The van der Waals surface area contributed by atoms with E-state index in [4.69, 9.17) is 11.6 Å². The Bertz CT molecular complexity index is 1250. The van der Waals surface area contributed by atoms with Crippen LogP contribution < -0.4 is 9.73 Å². The van der Waals surface area contributed by atoms with Gasteiger partial charge >= 0.3 is 0 Å². The van der Waals surface area contributed by atoms with Crippen LogP contribution in [0.25, 0.3) is 5.69 Å². The fraction of sp³-hybridized carbons (Fsp3) is 0.182. The molecule has 1 amide bonds. The first kappa shape index (κ1) is 24.0. The highest BCUT2D eigenvalue weighted by molar-refractivity contribution is 9.10. The van der Waals surface area contributed by atoms with Crippen LogP contribution in [0, 0.1) is 13.8 Å². The number of carbonyl (C=O) groups is 1. The minimum Gasteiger partial charge on any atom is -0.318 e. The van der Waals surface area contributed by atoms with Crippen LogP contribution >= 0.6 is 27.5 Å². The van der Waals surface area contributed by atoms with E-state index in [9.17, 15) is 13.2 Å². The number of anilines is 1. The van der Waals surface area contributed by atoms with E-state index >= 15 is 0 Å². The second-order valence-corrected chi connectivity index (χ2v) is 10.4. The van der Waals surface area contributed by atoms with E-state index in [0.29, 0.717) is 10.7 Å². The summed E-state index contributed by atoms with van der Waals surface area (Å²) in [6.45, 7) is 3.53. The maximum atomic E-state index is 12.4. The van der Waals surface area contributed by atoms with Crippen LogP contribution in [0.2, 0.25) is 5.02 Å². The van der Waals surface area contributed by atoms with Crippen LogP contribution in [0.4, 0.5) is 5.69 Å². The number of amides is 1. The molecule has 32 heavy (non-hydrogen) atoms. The van der Waals surface area contributed by atoms with Crippen molar-refractivity contribution < 1.29 is 13.2 Å². The lowest BCUT2D eigenvalue weighted by Gasteiger charge is -2.21. The maximum Gasteiger partial charge on any atom is 0.260 e. The van der Waals surface area contributed by atoms with Crippen molar-refractivity contribution in [3.05, 3.63) is 81.0 Å². The molecule has 0 aliphatic carbocycles. The summed E-state index contributed by atoms with van der Waals surface area (Å²) in [5, 5.41) is 4.68. The summed E-state index contributed by atoms with van der Waals surface area (Å²) < 4.78 is 28.2. The van der Waals surface area contributed by atoms with Crippen molar-refractivity contribution >= 4 is 55.4 Å². The molecule has 0 aliphatic heterocycles. The van der Waals surface area contributed by atoms with Gasteiger partial charge in [-0.3, -0.25) is 9.10 Å². The lowest BCUT2D eigenvalue weighted by atomic mass is 10.2. The lowest BCUT2D eigenvalue weighted by molar-refractivity contribution is -0.119. The van der Waals surface area contributed by atoms with Gasteiger partial charge in [0.1, 0.15) is 6.54 Å². The summed E-state index contributed by atoms with van der Waals surface area (Å²) in [5.74, 6) is -0.555. The molecule has 1 N–H and O–H groups in total. The molecule has 0 unspecified atom stereocenters. The first-order valence-corrected chi connectivity index (χ1v) is 12.6. The standard InChI is InChI=1S/C22H22BrClN4O3S/c1-15-12-17(16(2)28(15)21-10-6-19(24)7-11-21)13-25-26-22(29)14-27(32(3,30)31)20-8-4-18(23)5-9-20/h4-13H,14H2,1-3H3,(H,26,29)/b25-13-. The summed E-state index contributed by atoms with van der Waals surface area (Å²) in [7, 11) is -3.65. The van der Waals surface area contributed by atoms with E-state index in [2.05, 4.69) is 31.0 Å². The zero-order valence-electron chi connectivity index (χ0n) is 17.7. The van der Waals surface area contributed by atoms with Crippen molar-refractivity contribution in [1.29, 1.82) is 0 Å². The molecule has 0 atom stereocenters. The van der Waals surface area contributed by atoms with Crippen molar-refractivity contribution in [1.82, 2.24) is 9.99 Å². The molecule has 0 bridgehead atoms. The molecule has 0 radical (unpaired) electrons. The quantitative estimate of drug-likeness (QED) is 0.358. The summed E-state index contributed by atoms with van der Waals surface area (Å²) in [5.41, 5.74) is 6.52. The Morgan fingerprint density at radius 3 is 2.38 bits per heavy atom. The summed E-state index contributed by atoms with van der Waals surface area (Å²) >= 11 is 9.29. The van der Waals surface area contributed by atoms with Crippen molar-refractivity contribution in [2.45, 2.75) is 13.8 Å². The Balaban J connectivity index is 1.73. The lowest BCUT2D eigenvalue weighted by Crippen LogP contribution is -2.39. The Morgan fingerprint density at radius 2 is 1.78 bits per heavy atom. The molecule has 1 aromatic heterocycles. The van der Waals surface area contributed by atoms with Gasteiger partial charge in [-0.25, -0.2) is 13.8 Å². The number of rotatable bonds is 7. The number of nitrogens with one attached hydrogen (secondary N) is 1. The number of carbonyl (C=O) groups excluding carboxylic acids is 1. The third-order valence-electron chi connectivity index (χ3n) is 4.75. The molecule has 0 spiro atoms. The molecule has 168 valence electrons. The van der Waals surface area contributed by atoms with Crippen LogP contribution in [0.5, 0.6) is 0 Å². The highest BCUT2D eigenvalue weighted by Crippen LogP contribution is 2.22. The van der Waals surface area contributed by atoms with Gasteiger partial charge in [-0.1, -0.05) is 27.5 Å². The molecule has 0 aliphatic rings. The Morgan fingerprint density at radius 1 is 1.16 bits per heavy atom. The second kappa shape index (κ2) is 9.89. The van der Waals surface area contributed by atoms with Gasteiger partial charge in [0.15, 0.2) is 0 Å². The first-order valence-electron chi connectivity index (χ1n) is 9.56. The summed E-state index contributed by atoms with van der Waals surface area (Å²) in [4.78, 5) is 12.4. The van der Waals surface area contributed by atoms with Gasteiger partial charge in [-0.15, -0.1) is 0 Å². The number of hydrogen-bond acceptors (Lipinski definition) is 4. The van der Waals surface area contributed by atoms with Gasteiger partial charge in [-0.05, 0) is 68.4 Å². The molecule has 3 aromatic rings. The van der Waals surface area contributed by atoms with Crippen molar-refractivity contribution in [3.8, 4) is 5.69 Å². The van der Waals surface area contributed by atoms with Gasteiger partial charge in [-0.2, -0.15) is 5.10 Å². The van der Waals surface area contributed by atoms with Crippen molar-refractivity contribution in [3.63, 3.8) is 0 Å². The van der Waals surface area contributed by atoms with E-state index in [1.54, 1.807) is 24.3 Å². The maximum absolute atomic E-state index is 12.4. The third kappa shape index (κ3) is 5.79. The molecular formula is C22H22BrClN4O3S. The predicted molar refractivity (Wildman–Crippen MR) is 132 cm³/mol. The number of hydrogen-bond donors (Lipinski definition) is 1. The van der Waals surface area contributed by atoms with E-state index in [1.807, 2.05) is 44.2 Å². The number of aromatic nitrogens is 1. The molecule has 7 nitrogen and oxygen atoms in total. The number of aryl methyl sites for hydroxylation is 1. The molecule has 1 heterocycles. The molecule has 10 heteroatoms. The molecule has 0 fully saturated rings. The fourth-order valence-corrected chi connectivity index (χ4v) is 4.50. The number of benzene rings is 2. The smallest absolute Gasteiger partial charge is 0.260 e. The van der Waals surface area contributed by atoms with Crippen molar-refractivity contribution in [2.75, 3.05) is 17.1 Å². The molecular weight excluding hydrogens is 516 g/mol. The molecule has 0 saturated carbocycles. The Kier molecular flexibility index (Phi) is 7.43. The fourth-order valence-electron chi connectivity index (χ4n) is 3.25. The number of halogens is 2. The van der Waals surface area contributed by atoms with Crippen molar-refractivity contribution in [2.24, 2.45) is 5.10 Å². The van der Waals surface area contributed by atoms with Crippen LogP contribution in [0.15, 0.2) is 64.2 Å². The molecule has 3 rings (SSSR count). The average molecular weight is 538 g/mol. The molecule has 0 saturated heterocycles. The van der Waals surface area contributed by atoms with Crippen LogP contribution in [-0.2, 0) is 14.8 Å². The van der Waals surface area contributed by atoms with E-state index in [0.717, 1.165) is 37.7 Å². The third-order valence-corrected chi connectivity index (χ3v) is 6.67. The summed E-state index contributed by atoms with van der Waals surface area (Å²) in [6.07, 6.45) is 2.59. The minimum absolute atomic E-state index is 0.387. The second-order valence-electron chi connectivity index (χ2n) is 7.18. The molecule has 2 aromatic carbocycles. The highest BCUT2D eigenvalue weighted by atomic mass is 79.9. The van der Waals surface area contributed by atoms with E-state index in [1.165, 1.54) is 6.21 Å². The highest BCUT2D eigenvalue weighted by Gasteiger charge is 2.20.